The number of aromatic nitrogens is 5. The Morgan fingerprint density at radius 1 is 0.489 bits per heavy atom. The number of fused-ring (bicyclic) bond motifs is 3. The van der Waals surface area contributed by atoms with E-state index in [9.17, 15) is 33.6 Å². The number of rotatable bonds is 44. The molecule has 3 aromatic carbocycles. The summed E-state index contributed by atoms with van der Waals surface area (Å²) in [6.45, 7) is 7.41. The predicted octanol–water partition coefficient (Wildman–Crippen LogP) is 3.40. The zero-order chi connectivity index (χ0) is 66.9. The highest BCUT2D eigenvalue weighted by atomic mass is 16.6. The number of nitrogens with one attached hydrogen (secondary N) is 7. The largest absolute Gasteiger partial charge is 0.491 e. The number of ether oxygens (including phenoxy) is 10. The second kappa shape index (κ2) is 39.3. The Kier molecular flexibility index (Phi) is 30.2. The summed E-state index contributed by atoms with van der Waals surface area (Å²) in [6, 6.07) is 23.6. The molecule has 0 fully saturated rings. The molecule has 3 heterocycles. The lowest BCUT2D eigenvalue weighted by molar-refractivity contribution is -0.121. The quantitative estimate of drug-likeness (QED) is 0.0201. The normalized spacial score (nSPS) is 11.9. The second-order valence-corrected chi connectivity index (χ2v) is 21.2. The molecule has 0 spiro atoms. The fraction of sp³-hybridized carbons (Fsp3) is 0.453. The van der Waals surface area contributed by atoms with Gasteiger partial charge in [0.15, 0.2) is 11.6 Å². The number of alkyl carbamates (subject to hydrolysis) is 1. The van der Waals surface area contributed by atoms with Crippen molar-refractivity contribution in [3.8, 4) is 16.9 Å². The van der Waals surface area contributed by atoms with Gasteiger partial charge in [-0.1, -0.05) is 48.5 Å². The zero-order valence-electron chi connectivity index (χ0n) is 53.4. The molecule has 1 unspecified atom stereocenters. The van der Waals surface area contributed by atoms with Crippen molar-refractivity contribution in [1.29, 1.82) is 0 Å². The maximum Gasteiger partial charge on any atom is 0.407 e. The van der Waals surface area contributed by atoms with Crippen molar-refractivity contribution in [2.75, 3.05) is 161 Å². The number of carbonyl (C=O) groups is 7. The summed E-state index contributed by atoms with van der Waals surface area (Å²) in [4.78, 5) is 99.5. The predicted molar refractivity (Wildman–Crippen MR) is 345 cm³/mol. The van der Waals surface area contributed by atoms with Crippen LogP contribution in [-0.2, 0) is 78.2 Å². The van der Waals surface area contributed by atoms with Crippen LogP contribution in [0.3, 0.4) is 0 Å². The molecule has 30 nitrogen and oxygen atoms in total. The molecule has 508 valence electrons. The first kappa shape index (κ1) is 72.2. The Morgan fingerprint density at radius 3 is 1.47 bits per heavy atom. The van der Waals surface area contributed by atoms with Crippen LogP contribution in [0.2, 0.25) is 0 Å². The maximum atomic E-state index is 13.6. The van der Waals surface area contributed by atoms with Crippen LogP contribution in [0.25, 0.3) is 11.1 Å². The summed E-state index contributed by atoms with van der Waals surface area (Å²) in [5.74, 6) is -2.37. The summed E-state index contributed by atoms with van der Waals surface area (Å²) in [6.07, 6.45) is 3.50. The van der Waals surface area contributed by atoms with Gasteiger partial charge in [0.2, 0.25) is 29.4 Å². The van der Waals surface area contributed by atoms with Crippen LogP contribution in [-0.4, -0.2) is 210 Å². The van der Waals surface area contributed by atoms with Crippen LogP contribution < -0.4 is 47.7 Å². The fourth-order valence-electron chi connectivity index (χ4n) is 9.73. The number of aryl methyl sites for hydroxylation is 3. The molecule has 1 aliphatic rings. The minimum Gasteiger partial charge on any atom is -0.491 e. The monoisotopic (exact) mass is 1310 g/mol. The highest BCUT2D eigenvalue weighted by molar-refractivity contribution is 6.04. The summed E-state index contributed by atoms with van der Waals surface area (Å²) in [7, 11) is 6.03. The molecule has 0 bridgehead atoms. The van der Waals surface area contributed by atoms with Crippen LogP contribution in [0, 0.1) is 0 Å². The van der Waals surface area contributed by atoms with E-state index >= 15 is 0 Å². The Bertz CT molecular complexity index is 3340. The molecular weight excluding hydrogens is 1220 g/mol. The van der Waals surface area contributed by atoms with Gasteiger partial charge in [-0.05, 0) is 52.6 Å². The molecule has 6 aromatic rings. The minimum absolute atomic E-state index is 0.00125. The molecule has 94 heavy (non-hydrogen) atoms. The summed E-state index contributed by atoms with van der Waals surface area (Å²) in [5, 5.41) is 19.0. The van der Waals surface area contributed by atoms with E-state index in [1.807, 2.05) is 60.7 Å². The Balaban J connectivity index is 0.659. The molecule has 0 saturated heterocycles. The summed E-state index contributed by atoms with van der Waals surface area (Å²) >= 11 is 0. The van der Waals surface area contributed by atoms with E-state index in [2.05, 4.69) is 47.2 Å². The molecule has 30 heteroatoms. The Labute approximate surface area is 544 Å². The van der Waals surface area contributed by atoms with E-state index in [-0.39, 0.29) is 92.0 Å². The van der Waals surface area contributed by atoms with Gasteiger partial charge < -0.3 is 104 Å². The fourth-order valence-corrected chi connectivity index (χ4v) is 9.73. The first-order valence-corrected chi connectivity index (χ1v) is 30.8. The van der Waals surface area contributed by atoms with Crippen molar-refractivity contribution >= 4 is 64.5 Å². The molecule has 0 aliphatic heterocycles. The highest BCUT2D eigenvalue weighted by Gasteiger charge is 2.36. The van der Waals surface area contributed by atoms with E-state index in [0.717, 1.165) is 28.0 Å². The number of methoxy groups -OCH3 is 1. The average Bonchev–Trinajstić information content (AvgIpc) is 1.60. The van der Waals surface area contributed by atoms with E-state index in [1.54, 1.807) is 33.3 Å². The number of hydrogen-bond acceptors (Lipinski definition) is 20. The van der Waals surface area contributed by atoms with Crippen LogP contribution >= 0.6 is 0 Å². The minimum atomic E-state index is -0.695. The number of nitrogens with zero attached hydrogens (tertiary/aromatic N) is 5. The lowest BCUT2D eigenvalue weighted by Crippen LogP contribution is -2.41. The Hall–Kier alpha value is -9.27. The number of amides is 7. The van der Waals surface area contributed by atoms with Crippen molar-refractivity contribution < 1.29 is 80.9 Å². The highest BCUT2D eigenvalue weighted by Crippen LogP contribution is 2.46. The van der Waals surface area contributed by atoms with Gasteiger partial charge in [0, 0.05) is 90.2 Å². The first-order valence-electron chi connectivity index (χ1n) is 30.8. The molecule has 1 atom stereocenters. The summed E-state index contributed by atoms with van der Waals surface area (Å²) in [5.41, 5.74) is 10.8. The number of imidazole rings is 2. The van der Waals surface area contributed by atoms with E-state index in [4.69, 9.17) is 53.1 Å². The molecule has 9 N–H and O–H groups in total. The molecule has 1 aliphatic carbocycles. The van der Waals surface area contributed by atoms with Crippen molar-refractivity contribution in [3.63, 3.8) is 0 Å². The van der Waals surface area contributed by atoms with Crippen molar-refractivity contribution in [2.24, 2.45) is 21.1 Å². The van der Waals surface area contributed by atoms with Gasteiger partial charge in [-0.2, -0.15) is 0 Å². The van der Waals surface area contributed by atoms with Crippen LogP contribution in [0.5, 0.6) is 5.75 Å². The van der Waals surface area contributed by atoms with Crippen LogP contribution in [0.1, 0.15) is 68.0 Å². The third kappa shape index (κ3) is 24.0. The van der Waals surface area contributed by atoms with Crippen LogP contribution in [0.15, 0.2) is 97.5 Å². The number of nitrogen functional groups attached to an aromatic ring is 1. The van der Waals surface area contributed by atoms with Crippen molar-refractivity contribution in [3.05, 3.63) is 126 Å². The number of benzene rings is 3. The second-order valence-electron chi connectivity index (χ2n) is 21.2. The van der Waals surface area contributed by atoms with Gasteiger partial charge in [0.1, 0.15) is 18.1 Å². The van der Waals surface area contributed by atoms with Crippen molar-refractivity contribution in [2.45, 2.75) is 31.2 Å². The summed E-state index contributed by atoms with van der Waals surface area (Å²) < 4.78 is 58.9. The van der Waals surface area contributed by atoms with Crippen molar-refractivity contribution in [1.82, 2.24) is 44.9 Å². The van der Waals surface area contributed by atoms with Gasteiger partial charge in [0.25, 0.3) is 17.7 Å². The average molecular weight is 1310 g/mol. The molecule has 0 saturated carbocycles. The number of nitrogens with two attached hydrogens (primary N) is 1. The van der Waals surface area contributed by atoms with Crippen LogP contribution in [0.4, 0.5) is 27.8 Å². The lowest BCUT2D eigenvalue weighted by atomic mass is 9.87. The van der Waals surface area contributed by atoms with Gasteiger partial charge >= 0.3 is 6.09 Å². The molecular formula is C64H85N13O17. The maximum absolute atomic E-state index is 13.6. The third-order valence-electron chi connectivity index (χ3n) is 14.2. The van der Waals surface area contributed by atoms with E-state index in [1.165, 1.54) is 45.5 Å². The smallest absolute Gasteiger partial charge is 0.407 e. The molecule has 3 aromatic heterocycles. The Morgan fingerprint density at radius 2 is 0.947 bits per heavy atom. The standard InChI is InChI=1S/C64H85N13O17/c1-75-41-45(69-63(83)60-74-54(43-77(60)3)72-57(80)40-51(70-64(84)85-4)58-49-11-7-5-9-47(49)48-10-6-8-12-50(48)58)39-52(75)61(81)67-20-18-56(79)71-53-42-76(2)59(73-53)62(82)68-19-17-55(78)66-21-22-86-23-24-87-25-26-88-27-28-89-29-30-90-31-32-91-33-34-92-35-36-93-37-38-94-46-15-13-44(65)14-16-46/h5-16,39,41-43,51,58H,17-38,40,65H2,1-4H3,(H,66,78)(H,67,81)(H,68,82)(H,69,83)(H,70,84)(H,71,79)(H,72,80). The number of hydrogen-bond donors (Lipinski definition) is 8. The number of anilines is 4. The first-order chi connectivity index (χ1) is 45.7. The van der Waals surface area contributed by atoms with Gasteiger partial charge in [-0.3, -0.25) is 28.8 Å². The van der Waals surface area contributed by atoms with Gasteiger partial charge in [-0.25, -0.2) is 14.8 Å². The molecule has 0 radical (unpaired) electrons. The van der Waals surface area contributed by atoms with E-state index in [0.29, 0.717) is 111 Å². The van der Waals surface area contributed by atoms with E-state index < -0.39 is 41.7 Å². The molecule has 7 amide bonds. The zero-order valence-corrected chi connectivity index (χ0v) is 53.4. The topological polar surface area (TPSA) is 363 Å². The SMILES string of the molecule is COC(=O)NC(CC(=O)Nc1cn(C)c(C(=O)Nc2cc(C(=O)NCCC(=O)Nc3cn(C)c(C(=O)NCCC(=O)NCCOCCOCCOCCOCCOCCOCCOCCOCCOc4ccc(N)cc4)n3)n(C)c2)n1)C1c2ccccc2-c2ccccc21. The lowest BCUT2D eigenvalue weighted by Gasteiger charge is -2.25. The molecule has 7 rings (SSSR count). The van der Waals surface area contributed by atoms with Gasteiger partial charge in [0.05, 0.1) is 125 Å². The number of carbonyl (C=O) groups excluding carboxylic acids is 7. The third-order valence-corrected chi connectivity index (χ3v) is 14.2. The van der Waals surface area contributed by atoms with Gasteiger partial charge in [-0.15, -0.1) is 0 Å².